The molecule has 8 heteroatoms. The first-order chi connectivity index (χ1) is 15.7. The Bertz CT molecular complexity index is 1230. The summed E-state index contributed by atoms with van der Waals surface area (Å²) in [4.78, 5) is 16.1. The molecule has 3 aromatic heterocycles. The van der Waals surface area contributed by atoms with Crippen molar-refractivity contribution in [2.75, 3.05) is 10.2 Å². The van der Waals surface area contributed by atoms with E-state index in [-0.39, 0.29) is 0 Å². The molecule has 2 bridgehead atoms. The van der Waals surface area contributed by atoms with E-state index in [0.717, 1.165) is 60.4 Å². The van der Waals surface area contributed by atoms with Gasteiger partial charge in [0.25, 0.3) is 5.89 Å². The number of nitriles is 1. The number of nitrogens with zero attached hydrogens (tertiary/aromatic N) is 6. The summed E-state index contributed by atoms with van der Waals surface area (Å²) in [7, 11) is 0. The third-order valence-corrected chi connectivity index (χ3v) is 6.78. The quantitative estimate of drug-likeness (QED) is 0.671. The van der Waals surface area contributed by atoms with Crippen LogP contribution in [0, 0.1) is 18.3 Å². The van der Waals surface area contributed by atoms with E-state index in [9.17, 15) is 0 Å². The first-order valence-electron chi connectivity index (χ1n) is 11.1. The highest BCUT2D eigenvalue weighted by atomic mass is 16.5. The molecule has 2 fully saturated rings. The maximum absolute atomic E-state index is 9.07. The van der Waals surface area contributed by atoms with Crippen molar-refractivity contribution in [3.05, 3.63) is 53.2 Å². The number of rotatable bonds is 4. The zero-order valence-corrected chi connectivity index (χ0v) is 17.8. The van der Waals surface area contributed by atoms with Gasteiger partial charge in [0.1, 0.15) is 11.9 Å². The fourth-order valence-electron chi connectivity index (χ4n) is 5.40. The second-order valence-electron chi connectivity index (χ2n) is 8.78. The largest absolute Gasteiger partial charge is 0.381 e. The Morgan fingerprint density at radius 2 is 2.00 bits per heavy atom. The predicted molar refractivity (Wildman–Crippen MR) is 120 cm³/mol. The van der Waals surface area contributed by atoms with Crippen LogP contribution in [0.5, 0.6) is 0 Å². The standard InChI is InChI=1S/C24H23N7O/c1-14-28-24(32-30-14)20-13-26-21-4-2-3-19(21)23(20)29-16-9-17-6-7-18(10-16)31(17)22-8-5-15(11-25)12-27-22/h2-3,5,8,12-13,16-18H,4,6-7,9-10H2,1H3,(H,26,29)/t16?,17-,18+. The summed E-state index contributed by atoms with van der Waals surface area (Å²) in [5, 5.41) is 16.9. The topological polar surface area (TPSA) is 104 Å². The fraction of sp³-hybridized carbons (Fsp3) is 0.375. The van der Waals surface area contributed by atoms with Crippen molar-refractivity contribution in [1.29, 1.82) is 5.26 Å². The number of pyridine rings is 2. The summed E-state index contributed by atoms with van der Waals surface area (Å²) < 4.78 is 5.48. The van der Waals surface area contributed by atoms with Gasteiger partial charge in [0, 0.05) is 42.5 Å². The highest BCUT2D eigenvalue weighted by molar-refractivity contribution is 5.83. The Morgan fingerprint density at radius 1 is 1.16 bits per heavy atom. The molecule has 0 spiro atoms. The van der Waals surface area contributed by atoms with Crippen LogP contribution >= 0.6 is 0 Å². The summed E-state index contributed by atoms with van der Waals surface area (Å²) in [6.45, 7) is 1.82. The molecule has 160 valence electrons. The summed E-state index contributed by atoms with van der Waals surface area (Å²) in [6.07, 6.45) is 13.0. The minimum absolute atomic E-state index is 0.338. The van der Waals surface area contributed by atoms with Crippen LogP contribution in [-0.2, 0) is 6.42 Å². The molecule has 0 amide bonds. The molecule has 2 saturated heterocycles. The van der Waals surface area contributed by atoms with Crippen LogP contribution in [-0.4, -0.2) is 38.2 Å². The zero-order valence-electron chi connectivity index (χ0n) is 17.8. The van der Waals surface area contributed by atoms with Gasteiger partial charge in [-0.2, -0.15) is 10.2 Å². The Hall–Kier alpha value is -3.73. The number of nitrogens with one attached hydrogen (secondary N) is 1. The van der Waals surface area contributed by atoms with Crippen LogP contribution in [0.25, 0.3) is 17.5 Å². The molecular weight excluding hydrogens is 402 g/mol. The second kappa shape index (κ2) is 7.45. The van der Waals surface area contributed by atoms with Crippen LogP contribution in [0.4, 0.5) is 11.5 Å². The van der Waals surface area contributed by atoms with Gasteiger partial charge in [-0.1, -0.05) is 17.3 Å². The van der Waals surface area contributed by atoms with E-state index >= 15 is 0 Å². The molecule has 1 unspecified atom stereocenters. The summed E-state index contributed by atoms with van der Waals surface area (Å²) in [5.41, 5.74) is 4.71. The van der Waals surface area contributed by atoms with E-state index in [1.807, 2.05) is 25.3 Å². The predicted octanol–water partition coefficient (Wildman–Crippen LogP) is 3.89. The molecule has 0 saturated carbocycles. The van der Waals surface area contributed by atoms with Crippen LogP contribution in [0.2, 0.25) is 0 Å². The van der Waals surface area contributed by atoms with E-state index < -0.39 is 0 Å². The molecule has 0 radical (unpaired) electrons. The third-order valence-electron chi connectivity index (χ3n) is 6.78. The van der Waals surface area contributed by atoms with Crippen LogP contribution in [0.3, 0.4) is 0 Å². The summed E-state index contributed by atoms with van der Waals surface area (Å²) in [5.74, 6) is 2.09. The van der Waals surface area contributed by atoms with Crippen molar-refractivity contribution in [3.63, 3.8) is 0 Å². The number of anilines is 2. The monoisotopic (exact) mass is 425 g/mol. The first kappa shape index (κ1) is 19.0. The Kier molecular flexibility index (Phi) is 4.42. The molecule has 3 aliphatic rings. The second-order valence-corrected chi connectivity index (χ2v) is 8.78. The fourth-order valence-corrected chi connectivity index (χ4v) is 5.40. The van der Waals surface area contributed by atoms with Gasteiger partial charge >= 0.3 is 0 Å². The average Bonchev–Trinajstić information content (AvgIpc) is 3.52. The minimum Gasteiger partial charge on any atom is -0.381 e. The van der Waals surface area contributed by atoms with Crippen molar-refractivity contribution < 1.29 is 4.52 Å². The number of allylic oxidation sites excluding steroid dienone is 1. The van der Waals surface area contributed by atoms with Gasteiger partial charge in [0.05, 0.1) is 22.5 Å². The van der Waals surface area contributed by atoms with Crippen molar-refractivity contribution in [3.8, 4) is 17.5 Å². The molecule has 8 nitrogen and oxygen atoms in total. The average molecular weight is 425 g/mol. The highest BCUT2D eigenvalue weighted by Crippen LogP contribution is 2.41. The number of aromatic nitrogens is 4. The molecule has 3 atom stereocenters. The van der Waals surface area contributed by atoms with Crippen molar-refractivity contribution >= 4 is 17.6 Å². The SMILES string of the molecule is Cc1noc(-c2cnc3c(c2NC2C[C@H]4CC[C@@H](C2)N4c2ccc(C#N)cn2)C=CC3)n1. The van der Waals surface area contributed by atoms with Crippen LogP contribution < -0.4 is 10.2 Å². The number of aryl methyl sites for hydroxylation is 1. The van der Waals surface area contributed by atoms with Crippen LogP contribution in [0.15, 0.2) is 35.1 Å². The lowest BCUT2D eigenvalue weighted by Gasteiger charge is -2.40. The molecule has 6 rings (SSSR count). The number of hydrogen-bond donors (Lipinski definition) is 1. The lowest BCUT2D eigenvalue weighted by molar-refractivity contribution is 0.424. The Labute approximate surface area is 186 Å². The highest BCUT2D eigenvalue weighted by Gasteiger charge is 2.41. The first-order valence-corrected chi connectivity index (χ1v) is 11.1. The summed E-state index contributed by atoms with van der Waals surface area (Å²) in [6, 6.07) is 7.20. The molecule has 0 aromatic carbocycles. The Balaban J connectivity index is 1.28. The van der Waals surface area contributed by atoms with Crippen molar-refractivity contribution in [1.82, 2.24) is 20.1 Å². The van der Waals surface area contributed by atoms with Crippen LogP contribution in [0.1, 0.15) is 48.3 Å². The molecule has 32 heavy (non-hydrogen) atoms. The van der Waals surface area contributed by atoms with E-state index in [4.69, 9.17) is 9.78 Å². The van der Waals surface area contributed by atoms with E-state index in [1.54, 1.807) is 6.20 Å². The number of fused-ring (bicyclic) bond motifs is 3. The van der Waals surface area contributed by atoms with E-state index in [0.29, 0.717) is 35.4 Å². The van der Waals surface area contributed by atoms with Gasteiger partial charge in [-0.05, 0) is 44.7 Å². The maximum atomic E-state index is 9.07. The van der Waals surface area contributed by atoms with E-state index in [2.05, 4.69) is 48.5 Å². The summed E-state index contributed by atoms with van der Waals surface area (Å²) >= 11 is 0. The van der Waals surface area contributed by atoms with Gasteiger partial charge in [0.2, 0.25) is 0 Å². The molecule has 2 aliphatic heterocycles. The van der Waals surface area contributed by atoms with Gasteiger partial charge < -0.3 is 14.7 Å². The zero-order chi connectivity index (χ0) is 21.7. The van der Waals surface area contributed by atoms with Gasteiger partial charge in [-0.25, -0.2) is 4.98 Å². The number of hydrogen-bond acceptors (Lipinski definition) is 8. The third kappa shape index (κ3) is 3.12. The van der Waals surface area contributed by atoms with Gasteiger partial charge in [-0.15, -0.1) is 0 Å². The van der Waals surface area contributed by atoms with E-state index in [1.165, 1.54) is 0 Å². The molecular formula is C24H23N7O. The molecule has 1 aliphatic carbocycles. The minimum atomic E-state index is 0.338. The van der Waals surface area contributed by atoms with Gasteiger partial charge in [-0.3, -0.25) is 4.98 Å². The smallest absolute Gasteiger partial charge is 0.261 e. The maximum Gasteiger partial charge on any atom is 0.261 e. The van der Waals surface area contributed by atoms with Crippen molar-refractivity contribution in [2.45, 2.75) is 57.2 Å². The Morgan fingerprint density at radius 3 is 2.69 bits per heavy atom. The molecule has 3 aromatic rings. The number of piperidine rings is 1. The molecule has 1 N–H and O–H groups in total. The lowest BCUT2D eigenvalue weighted by Crippen LogP contribution is -2.47. The van der Waals surface area contributed by atoms with Gasteiger partial charge in [0.15, 0.2) is 5.82 Å². The van der Waals surface area contributed by atoms with Crippen molar-refractivity contribution in [2.24, 2.45) is 0 Å². The molecule has 5 heterocycles. The normalized spacial score (nSPS) is 23.2. The lowest BCUT2D eigenvalue weighted by atomic mass is 9.96.